The van der Waals surface area contributed by atoms with Crippen LogP contribution in [0.5, 0.6) is 0 Å². The molecule has 2 N–H and O–H groups in total. The Labute approximate surface area is 127 Å². The molecular formula is C16H25ClN2O. The highest BCUT2D eigenvalue weighted by atomic mass is 35.5. The molecule has 0 bridgehead atoms. The summed E-state index contributed by atoms with van der Waals surface area (Å²) in [5.41, 5.74) is 7.19. The minimum Gasteiger partial charge on any atom is -0.341 e. The van der Waals surface area contributed by atoms with Gasteiger partial charge in [0.2, 0.25) is 5.91 Å². The predicted molar refractivity (Wildman–Crippen MR) is 85.0 cm³/mol. The van der Waals surface area contributed by atoms with E-state index in [0.29, 0.717) is 12.5 Å². The molecule has 1 aromatic carbocycles. The van der Waals surface area contributed by atoms with Crippen LogP contribution in [0.15, 0.2) is 30.3 Å². The van der Waals surface area contributed by atoms with Gasteiger partial charge >= 0.3 is 0 Å². The minimum atomic E-state index is -0.422. The molecule has 1 amide bonds. The quantitative estimate of drug-likeness (QED) is 0.928. The maximum atomic E-state index is 12.3. The number of carbonyl (C=O) groups excluding carboxylic acids is 1. The monoisotopic (exact) mass is 296 g/mol. The first-order chi connectivity index (χ1) is 9.18. The molecule has 1 aliphatic carbocycles. The third-order valence-corrected chi connectivity index (χ3v) is 4.09. The van der Waals surface area contributed by atoms with Crippen molar-refractivity contribution in [3.05, 3.63) is 35.9 Å². The van der Waals surface area contributed by atoms with Crippen molar-refractivity contribution >= 4 is 18.3 Å². The van der Waals surface area contributed by atoms with Gasteiger partial charge in [0.25, 0.3) is 0 Å². The Hall–Kier alpha value is -1.06. The fourth-order valence-electron chi connectivity index (χ4n) is 2.87. The third-order valence-electron chi connectivity index (χ3n) is 4.09. The summed E-state index contributed by atoms with van der Waals surface area (Å²) >= 11 is 0. The summed E-state index contributed by atoms with van der Waals surface area (Å²) < 4.78 is 0. The first kappa shape index (κ1) is 17.0. The van der Waals surface area contributed by atoms with Gasteiger partial charge in [0.15, 0.2) is 0 Å². The number of halogens is 1. The average Bonchev–Trinajstić information content (AvgIpc) is 2.47. The van der Waals surface area contributed by atoms with Gasteiger partial charge in [0.1, 0.15) is 0 Å². The van der Waals surface area contributed by atoms with Crippen LogP contribution in [0.3, 0.4) is 0 Å². The van der Waals surface area contributed by atoms with Gasteiger partial charge in [0, 0.05) is 13.1 Å². The SMILES string of the molecule is CN(C(=O)[C@@H](N)Cc1ccccc1)C1CCCCC1.Cl. The Balaban J connectivity index is 0.00000200. The van der Waals surface area contributed by atoms with Crippen LogP contribution in [-0.2, 0) is 11.2 Å². The van der Waals surface area contributed by atoms with E-state index >= 15 is 0 Å². The predicted octanol–water partition coefficient (Wildman–Crippen LogP) is 2.77. The highest BCUT2D eigenvalue weighted by Gasteiger charge is 2.25. The smallest absolute Gasteiger partial charge is 0.239 e. The summed E-state index contributed by atoms with van der Waals surface area (Å²) in [5, 5.41) is 0. The van der Waals surface area contributed by atoms with Crippen molar-refractivity contribution in [3.63, 3.8) is 0 Å². The van der Waals surface area contributed by atoms with Crippen molar-refractivity contribution < 1.29 is 4.79 Å². The van der Waals surface area contributed by atoms with E-state index in [4.69, 9.17) is 5.73 Å². The third kappa shape index (κ3) is 4.50. The van der Waals surface area contributed by atoms with Gasteiger partial charge in [-0.15, -0.1) is 12.4 Å². The number of nitrogens with zero attached hydrogens (tertiary/aromatic N) is 1. The lowest BCUT2D eigenvalue weighted by atomic mass is 9.94. The van der Waals surface area contributed by atoms with Gasteiger partial charge in [0.05, 0.1) is 6.04 Å². The zero-order chi connectivity index (χ0) is 13.7. The summed E-state index contributed by atoms with van der Waals surface area (Å²) in [4.78, 5) is 14.2. The Bertz CT molecular complexity index is 404. The van der Waals surface area contributed by atoms with E-state index in [1.54, 1.807) is 0 Å². The zero-order valence-electron chi connectivity index (χ0n) is 12.1. The molecule has 1 aliphatic rings. The highest BCUT2D eigenvalue weighted by Crippen LogP contribution is 2.22. The van der Waals surface area contributed by atoms with E-state index in [-0.39, 0.29) is 18.3 Å². The van der Waals surface area contributed by atoms with Gasteiger partial charge in [-0.2, -0.15) is 0 Å². The van der Waals surface area contributed by atoms with Crippen LogP contribution in [0, 0.1) is 0 Å². The molecule has 1 atom stereocenters. The normalized spacial score (nSPS) is 17.1. The second kappa shape index (κ2) is 8.28. The summed E-state index contributed by atoms with van der Waals surface area (Å²) in [6, 6.07) is 9.96. The van der Waals surface area contributed by atoms with E-state index in [1.165, 1.54) is 19.3 Å². The molecule has 0 radical (unpaired) electrons. The number of hydrogen-bond donors (Lipinski definition) is 1. The lowest BCUT2D eigenvalue weighted by Gasteiger charge is -2.32. The van der Waals surface area contributed by atoms with Crippen LogP contribution in [0.2, 0.25) is 0 Å². The minimum absolute atomic E-state index is 0. The van der Waals surface area contributed by atoms with Gasteiger partial charge in [-0.25, -0.2) is 0 Å². The molecule has 0 aliphatic heterocycles. The van der Waals surface area contributed by atoms with E-state index in [9.17, 15) is 4.79 Å². The number of likely N-dealkylation sites (N-methyl/N-ethyl adjacent to an activating group) is 1. The molecule has 0 heterocycles. The summed E-state index contributed by atoms with van der Waals surface area (Å²) in [7, 11) is 1.91. The van der Waals surface area contributed by atoms with E-state index < -0.39 is 6.04 Å². The maximum absolute atomic E-state index is 12.3. The van der Waals surface area contributed by atoms with Crippen LogP contribution in [0.25, 0.3) is 0 Å². The molecule has 20 heavy (non-hydrogen) atoms. The number of nitrogens with two attached hydrogens (primary N) is 1. The molecule has 112 valence electrons. The van der Waals surface area contributed by atoms with Crippen molar-refractivity contribution in [3.8, 4) is 0 Å². The summed E-state index contributed by atoms with van der Waals surface area (Å²) in [6.07, 6.45) is 6.64. The van der Waals surface area contributed by atoms with Crippen LogP contribution >= 0.6 is 12.4 Å². The fourth-order valence-corrected chi connectivity index (χ4v) is 2.87. The first-order valence-electron chi connectivity index (χ1n) is 7.24. The largest absolute Gasteiger partial charge is 0.341 e. The maximum Gasteiger partial charge on any atom is 0.239 e. The highest BCUT2D eigenvalue weighted by molar-refractivity contribution is 5.85. The van der Waals surface area contributed by atoms with Crippen molar-refractivity contribution in [2.45, 2.75) is 50.6 Å². The fraction of sp³-hybridized carbons (Fsp3) is 0.562. The van der Waals surface area contributed by atoms with Gasteiger partial charge < -0.3 is 10.6 Å². The van der Waals surface area contributed by atoms with Gasteiger partial charge in [-0.1, -0.05) is 49.6 Å². The second-order valence-electron chi connectivity index (χ2n) is 5.54. The Morgan fingerprint density at radius 3 is 2.45 bits per heavy atom. The molecule has 2 rings (SSSR count). The second-order valence-corrected chi connectivity index (χ2v) is 5.54. The molecule has 0 spiro atoms. The number of amides is 1. The lowest BCUT2D eigenvalue weighted by molar-refractivity contribution is -0.133. The van der Waals surface area contributed by atoms with Gasteiger partial charge in [-0.3, -0.25) is 4.79 Å². The van der Waals surface area contributed by atoms with Crippen LogP contribution < -0.4 is 5.73 Å². The molecule has 0 aromatic heterocycles. The van der Waals surface area contributed by atoms with Crippen molar-refractivity contribution in [1.82, 2.24) is 4.90 Å². The van der Waals surface area contributed by atoms with Gasteiger partial charge in [-0.05, 0) is 24.8 Å². The number of benzene rings is 1. The molecule has 0 saturated heterocycles. The number of rotatable bonds is 4. The average molecular weight is 297 g/mol. The van der Waals surface area contributed by atoms with Crippen molar-refractivity contribution in [2.24, 2.45) is 5.73 Å². The molecule has 3 nitrogen and oxygen atoms in total. The van der Waals surface area contributed by atoms with E-state index in [0.717, 1.165) is 18.4 Å². The Kier molecular flexibility index (Phi) is 7.03. The molecular weight excluding hydrogens is 272 g/mol. The first-order valence-corrected chi connectivity index (χ1v) is 7.24. The van der Waals surface area contributed by atoms with Crippen LogP contribution in [0.4, 0.5) is 0 Å². The lowest BCUT2D eigenvalue weighted by Crippen LogP contribution is -2.48. The molecule has 1 saturated carbocycles. The molecule has 1 fully saturated rings. The Morgan fingerprint density at radius 1 is 1.25 bits per heavy atom. The standard InChI is InChI=1S/C16H24N2O.ClH/c1-18(14-10-6-3-7-11-14)16(19)15(17)12-13-8-4-2-5-9-13;/h2,4-5,8-9,14-15H,3,6-7,10-12,17H2,1H3;1H/t15-;/m0./s1. The Morgan fingerprint density at radius 2 is 1.85 bits per heavy atom. The van der Waals surface area contributed by atoms with Crippen LogP contribution in [0.1, 0.15) is 37.7 Å². The van der Waals surface area contributed by atoms with E-state index in [2.05, 4.69) is 0 Å². The molecule has 0 unspecified atom stereocenters. The van der Waals surface area contributed by atoms with E-state index in [1.807, 2.05) is 42.3 Å². The summed E-state index contributed by atoms with van der Waals surface area (Å²) in [6.45, 7) is 0. The number of hydrogen-bond acceptors (Lipinski definition) is 2. The van der Waals surface area contributed by atoms with Crippen molar-refractivity contribution in [2.75, 3.05) is 7.05 Å². The van der Waals surface area contributed by atoms with Crippen LogP contribution in [-0.4, -0.2) is 29.9 Å². The topological polar surface area (TPSA) is 46.3 Å². The zero-order valence-corrected chi connectivity index (χ0v) is 12.9. The summed E-state index contributed by atoms with van der Waals surface area (Å²) in [5.74, 6) is 0.0794. The molecule has 4 heteroatoms. The van der Waals surface area contributed by atoms with Crippen molar-refractivity contribution in [1.29, 1.82) is 0 Å². The number of carbonyl (C=O) groups is 1. The molecule has 1 aromatic rings.